The number of halogens is 1. The Labute approximate surface area is 566 Å². The van der Waals surface area contributed by atoms with E-state index in [1.165, 1.54) is 127 Å². The second-order valence-corrected chi connectivity index (χ2v) is 30.6. The predicted molar refractivity (Wildman–Crippen MR) is 411 cm³/mol. The van der Waals surface area contributed by atoms with Crippen LogP contribution in [-0.2, 0) is 27.1 Å². The van der Waals surface area contributed by atoms with Gasteiger partial charge in [0.25, 0.3) is 0 Å². The fourth-order valence-electron chi connectivity index (χ4n) is 12.0. The number of hydrogen-bond donors (Lipinski definition) is 0. The third kappa shape index (κ3) is 18.1. The first-order chi connectivity index (χ1) is 44.7. The molecule has 0 aliphatic heterocycles. The lowest BCUT2D eigenvalue weighted by Gasteiger charge is -2.27. The first-order valence-electron chi connectivity index (χ1n) is 33.2. The van der Waals surface area contributed by atoms with E-state index in [0.29, 0.717) is 0 Å². The summed E-state index contributed by atoms with van der Waals surface area (Å²) in [6.45, 7) is 33.7. The highest BCUT2D eigenvalue weighted by Crippen LogP contribution is 2.42. The molecule has 0 aliphatic rings. The highest BCUT2D eigenvalue weighted by Gasteiger charge is 2.24. The van der Waals surface area contributed by atoms with E-state index in [1.54, 1.807) is 0 Å². The third-order valence-electron chi connectivity index (χ3n) is 17.0. The van der Waals surface area contributed by atoms with E-state index in [-0.39, 0.29) is 32.9 Å². The molecule has 0 amide bonds. The van der Waals surface area contributed by atoms with Gasteiger partial charge >= 0.3 is 0 Å². The van der Waals surface area contributed by atoms with Crippen molar-refractivity contribution in [2.75, 3.05) is 0 Å². The monoisotopic (exact) mass is 1250 g/mol. The van der Waals surface area contributed by atoms with Crippen LogP contribution in [0.15, 0.2) is 303 Å². The molecule has 0 spiro atoms. The molecule has 1 heterocycles. The molecular weight excluding hydrogens is 1160 g/mol. The van der Waals surface area contributed by atoms with Crippen molar-refractivity contribution in [3.8, 4) is 66.8 Å². The van der Waals surface area contributed by atoms with Gasteiger partial charge in [0.1, 0.15) is 5.82 Å². The van der Waals surface area contributed by atoms with Gasteiger partial charge in [-0.2, -0.15) is 0 Å². The van der Waals surface area contributed by atoms with Crippen LogP contribution in [0.2, 0.25) is 0 Å². The zero-order chi connectivity index (χ0) is 67.3. The van der Waals surface area contributed by atoms with E-state index >= 15 is 0 Å². The van der Waals surface area contributed by atoms with Crippen LogP contribution in [0.4, 0.5) is 4.39 Å². The maximum atomic E-state index is 12.5. The second kappa shape index (κ2) is 30.2. The highest BCUT2D eigenvalue weighted by molar-refractivity contribution is 7.25. The normalized spacial score (nSPS) is 11.6. The van der Waals surface area contributed by atoms with Crippen molar-refractivity contribution in [2.45, 2.75) is 131 Å². The topological polar surface area (TPSA) is 0 Å². The van der Waals surface area contributed by atoms with Crippen molar-refractivity contribution in [1.29, 1.82) is 0 Å². The van der Waals surface area contributed by atoms with E-state index in [4.69, 9.17) is 0 Å². The van der Waals surface area contributed by atoms with Gasteiger partial charge in [0.05, 0.1) is 0 Å². The Kier molecular flexibility index (Phi) is 22.2. The minimum atomic E-state index is -0.169. The van der Waals surface area contributed by atoms with Crippen LogP contribution in [0, 0.1) is 5.82 Å². The molecule has 0 unspecified atom stereocenters. The quantitative estimate of drug-likeness (QED) is 0.156. The van der Waals surface area contributed by atoms with Crippen molar-refractivity contribution in [3.63, 3.8) is 0 Å². The summed E-state index contributed by atoms with van der Waals surface area (Å²) < 4.78 is 15.3. The molecule has 0 atom stereocenters. The standard InChI is InChI=1S/3C22H22.C16H16S.C10H13F/c1-22(2,3)21-19(17-11-6-4-7-12-17)15-10-16-20(21)18-13-8-5-9-14-18;1-22(2,3)21-15-14-19(17-10-6-4-7-11-17)16-20(21)18-12-8-5-9-13-18;1-22(2,3)21-14-8-13-20(16-21)19-12-7-11-18(15-19)17-9-5-4-6-10-17;1-16(2,3)12-8-6-10-14-15(12)11-7-4-5-9-13(11)17-14;1-10(2,3)8-4-6-9(11)7-5-8/h3*4-16H,1-3H3;4-10H,1-3H3;4-7H,1-3H3. The zero-order valence-electron chi connectivity index (χ0n) is 58.2. The summed E-state index contributed by atoms with van der Waals surface area (Å²) >= 11 is 1.89. The van der Waals surface area contributed by atoms with Crippen LogP contribution in [0.25, 0.3) is 86.9 Å². The first-order valence-corrected chi connectivity index (χ1v) is 34.0. The third-order valence-corrected chi connectivity index (χ3v) is 18.1. The molecule has 476 valence electrons. The number of benzene rings is 12. The number of fused-ring (bicyclic) bond motifs is 3. The number of thiophene rings is 1. The number of rotatable bonds is 6. The van der Waals surface area contributed by atoms with Crippen molar-refractivity contribution < 1.29 is 4.39 Å². The summed E-state index contributed by atoms with van der Waals surface area (Å²) in [5.74, 6) is -0.169. The van der Waals surface area contributed by atoms with Gasteiger partial charge in [-0.1, -0.05) is 371 Å². The first kappa shape index (κ1) is 69.1. The molecule has 0 bridgehead atoms. The van der Waals surface area contributed by atoms with Gasteiger partial charge in [0.2, 0.25) is 0 Å². The molecule has 0 saturated heterocycles. The van der Waals surface area contributed by atoms with Gasteiger partial charge in [-0.15, -0.1) is 11.3 Å². The Morgan fingerprint density at radius 3 is 1.07 bits per heavy atom. The average molecular weight is 1250 g/mol. The minimum absolute atomic E-state index is 0.0810. The van der Waals surface area contributed by atoms with Gasteiger partial charge in [0, 0.05) is 20.2 Å². The van der Waals surface area contributed by atoms with E-state index in [2.05, 4.69) is 383 Å². The van der Waals surface area contributed by atoms with E-state index in [0.717, 1.165) is 0 Å². The maximum absolute atomic E-state index is 12.5. The van der Waals surface area contributed by atoms with Gasteiger partial charge in [0.15, 0.2) is 0 Å². The molecule has 13 aromatic rings. The van der Waals surface area contributed by atoms with Gasteiger partial charge < -0.3 is 0 Å². The summed E-state index contributed by atoms with van der Waals surface area (Å²) in [5.41, 5.74) is 22.9. The van der Waals surface area contributed by atoms with Gasteiger partial charge in [-0.25, -0.2) is 4.39 Å². The molecule has 0 N–H and O–H groups in total. The predicted octanol–water partition coefficient (Wildman–Crippen LogP) is 27.4. The summed E-state index contributed by atoms with van der Waals surface area (Å²) in [5, 5.41) is 2.85. The summed E-state index contributed by atoms with van der Waals surface area (Å²) in [6.07, 6.45) is 0. The van der Waals surface area contributed by atoms with Crippen molar-refractivity contribution in [2.24, 2.45) is 0 Å². The lowest BCUT2D eigenvalue weighted by molar-refractivity contribution is 0.583. The molecule has 13 rings (SSSR count). The lowest BCUT2D eigenvalue weighted by Crippen LogP contribution is -2.14. The molecule has 0 fully saturated rings. The number of hydrogen-bond acceptors (Lipinski definition) is 1. The summed E-state index contributed by atoms with van der Waals surface area (Å²) in [7, 11) is 0. The van der Waals surface area contributed by atoms with Crippen molar-refractivity contribution in [1.82, 2.24) is 0 Å². The van der Waals surface area contributed by atoms with Crippen LogP contribution in [0.5, 0.6) is 0 Å². The fourth-order valence-corrected chi connectivity index (χ4v) is 13.1. The summed E-state index contributed by atoms with van der Waals surface area (Å²) in [6, 6.07) is 106. The Balaban J connectivity index is 0.000000141. The Bertz CT molecular complexity index is 4390. The smallest absolute Gasteiger partial charge is 0.123 e. The molecule has 94 heavy (non-hydrogen) atoms. The van der Waals surface area contributed by atoms with Crippen molar-refractivity contribution in [3.05, 3.63) is 337 Å². The van der Waals surface area contributed by atoms with E-state index in [1.807, 2.05) is 23.5 Å². The molecule has 2 heteroatoms. The Morgan fingerprint density at radius 1 is 0.234 bits per heavy atom. The molecule has 0 radical (unpaired) electrons. The fraction of sp³-hybridized carbons (Fsp3) is 0.217. The van der Waals surface area contributed by atoms with Gasteiger partial charge in [-0.05, 0) is 158 Å². The Hall–Kier alpha value is -9.21. The van der Waals surface area contributed by atoms with Crippen LogP contribution in [0.3, 0.4) is 0 Å². The maximum Gasteiger partial charge on any atom is 0.123 e. The van der Waals surface area contributed by atoms with Gasteiger partial charge in [-0.3, -0.25) is 0 Å². The van der Waals surface area contributed by atoms with Crippen LogP contribution in [0.1, 0.15) is 132 Å². The molecule has 0 saturated carbocycles. The average Bonchev–Trinajstić information content (AvgIpc) is 1.24. The molecule has 12 aromatic carbocycles. The lowest BCUT2D eigenvalue weighted by atomic mass is 9.77. The second-order valence-electron chi connectivity index (χ2n) is 29.5. The highest BCUT2D eigenvalue weighted by atomic mass is 32.1. The summed E-state index contributed by atoms with van der Waals surface area (Å²) in [4.78, 5) is 0. The van der Waals surface area contributed by atoms with Crippen molar-refractivity contribution >= 4 is 31.5 Å². The van der Waals surface area contributed by atoms with Crippen LogP contribution in [-0.4, -0.2) is 0 Å². The molecule has 1 aromatic heterocycles. The SMILES string of the molecule is CC(C)(C)c1c(-c2ccccc2)cccc1-c1ccccc1.CC(C)(C)c1ccc(-c2ccccc2)cc1-c1ccccc1.CC(C)(C)c1ccc(F)cc1.CC(C)(C)c1cccc(-c2cccc(-c3ccccc3)c2)c1.CC(C)(C)c1cccc2sc3ccccc3c12. The zero-order valence-corrected chi connectivity index (χ0v) is 59.0. The molecule has 0 aliphatic carbocycles. The minimum Gasteiger partial charge on any atom is -0.207 e. The van der Waals surface area contributed by atoms with Crippen LogP contribution < -0.4 is 0 Å². The molecular formula is C92H95FS. The van der Waals surface area contributed by atoms with E-state index in [9.17, 15) is 4.39 Å². The molecule has 0 nitrogen and oxygen atoms in total. The Morgan fingerprint density at radius 2 is 0.606 bits per heavy atom. The van der Waals surface area contributed by atoms with E-state index < -0.39 is 0 Å². The largest absolute Gasteiger partial charge is 0.207 e. The van der Waals surface area contributed by atoms with Crippen LogP contribution >= 0.6 is 11.3 Å².